The first-order chi connectivity index (χ1) is 14.1. The van der Waals surface area contributed by atoms with Crippen LogP contribution in [0.15, 0.2) is 48.2 Å². The number of aromatic nitrogens is 1. The van der Waals surface area contributed by atoms with Crippen molar-refractivity contribution in [3.8, 4) is 11.4 Å². The minimum absolute atomic E-state index is 0.0244. The smallest absolute Gasteiger partial charge is 0.331 e. The maximum Gasteiger partial charge on any atom is 0.331 e. The minimum atomic E-state index is -0.658. The van der Waals surface area contributed by atoms with E-state index in [1.54, 1.807) is 13.2 Å². The minimum Gasteiger partial charge on any atom is -0.497 e. The van der Waals surface area contributed by atoms with Crippen molar-refractivity contribution in [3.63, 3.8) is 0 Å². The van der Waals surface area contributed by atoms with E-state index in [9.17, 15) is 14.4 Å². The van der Waals surface area contributed by atoms with Crippen LogP contribution < -0.4 is 10.1 Å². The Bertz CT molecular complexity index is 968. The Kier molecular flexibility index (Phi) is 5.20. The fourth-order valence-electron chi connectivity index (χ4n) is 3.98. The molecule has 2 fully saturated rings. The average molecular weight is 393 g/mol. The molecule has 1 N–H and O–H groups in total. The second-order valence-corrected chi connectivity index (χ2v) is 7.29. The van der Waals surface area contributed by atoms with Gasteiger partial charge in [0.2, 0.25) is 0 Å². The summed E-state index contributed by atoms with van der Waals surface area (Å²) in [5.74, 6) is -0.438. The lowest BCUT2D eigenvalue weighted by atomic mass is 9.93. The number of ether oxygens (including phenoxy) is 1. The van der Waals surface area contributed by atoms with Crippen LogP contribution in [0.4, 0.5) is 4.79 Å². The summed E-state index contributed by atoms with van der Waals surface area (Å²) >= 11 is 0. The number of barbiturate groups is 1. The van der Waals surface area contributed by atoms with E-state index < -0.39 is 17.8 Å². The molecule has 1 aliphatic heterocycles. The summed E-state index contributed by atoms with van der Waals surface area (Å²) in [4.78, 5) is 39.1. The number of rotatable bonds is 4. The number of imide groups is 2. The molecule has 7 heteroatoms. The van der Waals surface area contributed by atoms with Gasteiger partial charge in [0.1, 0.15) is 11.3 Å². The molecule has 2 aliphatic rings. The van der Waals surface area contributed by atoms with Gasteiger partial charge in [0.25, 0.3) is 11.8 Å². The summed E-state index contributed by atoms with van der Waals surface area (Å²) in [6, 6.07) is 10.4. The van der Waals surface area contributed by atoms with E-state index >= 15 is 0 Å². The molecule has 0 unspecified atom stereocenters. The lowest BCUT2D eigenvalue weighted by molar-refractivity contribution is -0.132. The quantitative estimate of drug-likeness (QED) is 0.639. The van der Waals surface area contributed by atoms with Crippen molar-refractivity contribution in [3.05, 3.63) is 53.9 Å². The highest BCUT2D eigenvalue weighted by molar-refractivity contribution is 6.31. The molecule has 4 rings (SSSR count). The highest BCUT2D eigenvalue weighted by Gasteiger charge is 2.40. The summed E-state index contributed by atoms with van der Waals surface area (Å²) in [6.07, 6.45) is 8.03. The molecular weight excluding hydrogens is 370 g/mol. The molecule has 0 radical (unpaired) electrons. The lowest BCUT2D eigenvalue weighted by Gasteiger charge is -2.35. The molecule has 150 valence electrons. The van der Waals surface area contributed by atoms with Crippen molar-refractivity contribution in [2.75, 3.05) is 7.11 Å². The molecular formula is C22H23N3O4. The van der Waals surface area contributed by atoms with E-state index in [-0.39, 0.29) is 11.6 Å². The SMILES string of the molecule is COc1ccc(-n2cccc2C=C2C(=O)NC(=O)N(C3CCCCC3)C2=O)cc1. The molecule has 2 heterocycles. The van der Waals surface area contributed by atoms with Crippen LogP contribution in [-0.2, 0) is 9.59 Å². The number of nitrogens with one attached hydrogen (secondary N) is 1. The van der Waals surface area contributed by atoms with Crippen molar-refractivity contribution in [2.24, 2.45) is 0 Å². The molecule has 4 amide bonds. The second kappa shape index (κ2) is 7.95. The Morgan fingerprint density at radius 2 is 1.76 bits per heavy atom. The van der Waals surface area contributed by atoms with Crippen molar-refractivity contribution in [1.82, 2.24) is 14.8 Å². The van der Waals surface area contributed by atoms with Crippen molar-refractivity contribution in [1.29, 1.82) is 0 Å². The standard InChI is InChI=1S/C22H23N3O4/c1-29-18-11-9-15(10-12-18)24-13-5-8-17(24)14-19-20(26)23-22(28)25(21(19)27)16-6-3-2-4-7-16/h5,8-14,16H,2-4,6-7H2,1H3,(H,23,26,28). The number of nitrogens with zero attached hydrogens (tertiary/aromatic N) is 2. The summed E-state index contributed by atoms with van der Waals surface area (Å²) in [5, 5.41) is 2.33. The zero-order valence-corrected chi connectivity index (χ0v) is 16.3. The number of benzene rings is 1. The second-order valence-electron chi connectivity index (χ2n) is 7.29. The maximum atomic E-state index is 13.1. The fourth-order valence-corrected chi connectivity index (χ4v) is 3.98. The monoisotopic (exact) mass is 393 g/mol. The number of methoxy groups -OCH3 is 1. The van der Waals surface area contributed by atoms with Crippen LogP contribution in [0.25, 0.3) is 11.8 Å². The van der Waals surface area contributed by atoms with Gasteiger partial charge in [0, 0.05) is 23.6 Å². The third-order valence-corrected chi connectivity index (χ3v) is 5.50. The van der Waals surface area contributed by atoms with E-state index in [0.29, 0.717) is 5.69 Å². The molecule has 1 aromatic heterocycles. The van der Waals surface area contributed by atoms with Gasteiger partial charge in [-0.2, -0.15) is 0 Å². The fraction of sp³-hybridized carbons (Fsp3) is 0.318. The topological polar surface area (TPSA) is 80.6 Å². The summed E-state index contributed by atoms with van der Waals surface area (Å²) in [5.41, 5.74) is 1.52. The van der Waals surface area contributed by atoms with Gasteiger partial charge in [-0.05, 0) is 55.3 Å². The normalized spacial score (nSPS) is 19.6. The molecule has 0 spiro atoms. The highest BCUT2D eigenvalue weighted by Crippen LogP contribution is 2.27. The Balaban J connectivity index is 1.66. The van der Waals surface area contributed by atoms with Gasteiger partial charge in [-0.25, -0.2) is 4.79 Å². The number of hydrogen-bond donors (Lipinski definition) is 1. The molecule has 1 aromatic carbocycles. The first-order valence-electron chi connectivity index (χ1n) is 9.81. The van der Waals surface area contributed by atoms with Gasteiger partial charge in [0.05, 0.1) is 7.11 Å². The number of carbonyl (C=O) groups is 3. The third-order valence-electron chi connectivity index (χ3n) is 5.50. The van der Waals surface area contributed by atoms with Gasteiger partial charge >= 0.3 is 6.03 Å². The van der Waals surface area contributed by atoms with Gasteiger partial charge in [0.15, 0.2) is 0 Å². The van der Waals surface area contributed by atoms with Crippen LogP contribution in [0.5, 0.6) is 5.75 Å². The van der Waals surface area contributed by atoms with Crippen LogP contribution in [0, 0.1) is 0 Å². The predicted octanol–water partition coefficient (Wildman–Crippen LogP) is 3.28. The van der Waals surface area contributed by atoms with Crippen molar-refractivity contribution < 1.29 is 19.1 Å². The van der Waals surface area contributed by atoms with E-state index in [1.807, 2.05) is 47.2 Å². The highest BCUT2D eigenvalue weighted by atomic mass is 16.5. The van der Waals surface area contributed by atoms with Crippen LogP contribution in [0.1, 0.15) is 37.8 Å². The van der Waals surface area contributed by atoms with E-state index in [1.165, 1.54) is 4.90 Å². The Morgan fingerprint density at radius 1 is 1.03 bits per heavy atom. The third kappa shape index (κ3) is 3.68. The Hall–Kier alpha value is -3.35. The molecule has 7 nitrogen and oxygen atoms in total. The van der Waals surface area contributed by atoms with Crippen LogP contribution >= 0.6 is 0 Å². The van der Waals surface area contributed by atoms with E-state index in [4.69, 9.17) is 4.74 Å². The molecule has 2 aromatic rings. The zero-order chi connectivity index (χ0) is 20.4. The van der Waals surface area contributed by atoms with E-state index in [0.717, 1.165) is 43.5 Å². The Labute approximate surface area is 168 Å². The summed E-state index contributed by atoms with van der Waals surface area (Å²) < 4.78 is 7.06. The molecule has 1 saturated carbocycles. The van der Waals surface area contributed by atoms with Gasteiger partial charge in [-0.3, -0.25) is 19.8 Å². The number of amides is 4. The number of urea groups is 1. The Morgan fingerprint density at radius 3 is 2.45 bits per heavy atom. The first kappa shape index (κ1) is 19.0. The van der Waals surface area contributed by atoms with Crippen LogP contribution in [-0.4, -0.2) is 40.5 Å². The maximum absolute atomic E-state index is 13.1. The molecule has 1 aliphatic carbocycles. The van der Waals surface area contributed by atoms with Gasteiger partial charge in [-0.15, -0.1) is 0 Å². The largest absolute Gasteiger partial charge is 0.497 e. The molecule has 1 saturated heterocycles. The molecule has 29 heavy (non-hydrogen) atoms. The van der Waals surface area contributed by atoms with Crippen LogP contribution in [0.2, 0.25) is 0 Å². The summed E-state index contributed by atoms with van der Waals surface area (Å²) in [7, 11) is 1.60. The van der Waals surface area contributed by atoms with Crippen molar-refractivity contribution >= 4 is 23.9 Å². The molecule has 0 atom stereocenters. The van der Waals surface area contributed by atoms with E-state index in [2.05, 4.69) is 5.32 Å². The van der Waals surface area contributed by atoms with Gasteiger partial charge in [-0.1, -0.05) is 19.3 Å². The number of carbonyl (C=O) groups excluding carboxylic acids is 3. The zero-order valence-electron chi connectivity index (χ0n) is 16.3. The molecule has 0 bridgehead atoms. The predicted molar refractivity (Wildman–Crippen MR) is 108 cm³/mol. The van der Waals surface area contributed by atoms with Crippen molar-refractivity contribution in [2.45, 2.75) is 38.1 Å². The number of hydrogen-bond acceptors (Lipinski definition) is 4. The lowest BCUT2D eigenvalue weighted by Crippen LogP contribution is -2.58. The first-order valence-corrected chi connectivity index (χ1v) is 9.81. The summed E-state index contributed by atoms with van der Waals surface area (Å²) in [6.45, 7) is 0. The average Bonchev–Trinajstić information content (AvgIpc) is 3.20. The van der Waals surface area contributed by atoms with Crippen LogP contribution in [0.3, 0.4) is 0 Å². The van der Waals surface area contributed by atoms with Gasteiger partial charge < -0.3 is 9.30 Å².